The predicted molar refractivity (Wildman–Crippen MR) is 70.1 cm³/mol. The molecule has 0 heterocycles. The molecule has 3 heteroatoms. The summed E-state index contributed by atoms with van der Waals surface area (Å²) in [6.07, 6.45) is 0.964. The van der Waals surface area contributed by atoms with Crippen molar-refractivity contribution >= 4 is 0 Å². The second-order valence-electron chi connectivity index (χ2n) is 4.82. The molecule has 0 saturated heterocycles. The zero-order chi connectivity index (χ0) is 13.0. The first-order valence-corrected chi connectivity index (χ1v) is 6.18. The maximum Gasteiger partial charge on any atom is 0.115 e. The molecule has 4 N–H and O–H groups in total. The van der Waals surface area contributed by atoms with Gasteiger partial charge in [-0.2, -0.15) is 0 Å². The van der Waals surface area contributed by atoms with Gasteiger partial charge in [0.2, 0.25) is 0 Å². The molecule has 0 aliphatic rings. The number of benzene rings is 1. The number of phenols is 1. The van der Waals surface area contributed by atoms with E-state index in [0.29, 0.717) is 6.42 Å². The van der Waals surface area contributed by atoms with Gasteiger partial charge in [0.15, 0.2) is 0 Å². The topological polar surface area (TPSA) is 66.5 Å². The number of nitrogens with two attached hydrogens (primary N) is 1. The Kier molecular flexibility index (Phi) is 4.97. The van der Waals surface area contributed by atoms with Crippen molar-refractivity contribution in [1.29, 1.82) is 0 Å². The molecule has 1 aromatic rings. The van der Waals surface area contributed by atoms with Crippen molar-refractivity contribution in [2.75, 3.05) is 0 Å². The van der Waals surface area contributed by atoms with E-state index >= 15 is 0 Å². The Labute approximate surface area is 103 Å². The molecule has 0 aliphatic heterocycles. The first-order valence-electron chi connectivity index (χ1n) is 6.18. The molecule has 3 nitrogen and oxygen atoms in total. The van der Waals surface area contributed by atoms with Crippen LogP contribution in [0.4, 0.5) is 0 Å². The van der Waals surface area contributed by atoms with Gasteiger partial charge in [0.05, 0.1) is 6.10 Å². The number of hydrogen-bond acceptors (Lipinski definition) is 3. The third-order valence-electron chi connectivity index (χ3n) is 3.34. The second kappa shape index (κ2) is 6.03. The van der Waals surface area contributed by atoms with Crippen LogP contribution in [0.1, 0.15) is 43.7 Å². The Hall–Kier alpha value is -1.06. The van der Waals surface area contributed by atoms with Gasteiger partial charge in [-0.15, -0.1) is 0 Å². The second-order valence-corrected chi connectivity index (χ2v) is 4.82. The summed E-state index contributed by atoms with van der Waals surface area (Å²) in [5.74, 6) is 0.521. The molecule has 0 aromatic heterocycles. The number of aryl methyl sites for hydroxylation is 1. The molecule has 0 fully saturated rings. The third-order valence-corrected chi connectivity index (χ3v) is 3.34. The van der Waals surface area contributed by atoms with E-state index in [2.05, 4.69) is 6.92 Å². The van der Waals surface area contributed by atoms with E-state index in [4.69, 9.17) is 5.73 Å². The number of phenolic OH excluding ortho intramolecular Hbond substituents is 1. The van der Waals surface area contributed by atoms with E-state index in [-0.39, 0.29) is 17.7 Å². The third kappa shape index (κ3) is 3.72. The highest BCUT2D eigenvalue weighted by Crippen LogP contribution is 2.27. The van der Waals surface area contributed by atoms with Crippen molar-refractivity contribution in [2.24, 2.45) is 5.73 Å². The molecule has 0 bridgehead atoms. The summed E-state index contributed by atoms with van der Waals surface area (Å²) in [5, 5.41) is 19.3. The minimum atomic E-state index is -0.469. The van der Waals surface area contributed by atoms with Crippen molar-refractivity contribution in [3.8, 4) is 5.75 Å². The maximum absolute atomic E-state index is 9.92. The number of aliphatic hydroxyl groups excluding tert-OH is 1. The molecule has 96 valence electrons. The van der Waals surface area contributed by atoms with Gasteiger partial charge in [-0.3, -0.25) is 0 Å². The van der Waals surface area contributed by atoms with Gasteiger partial charge in [-0.05, 0) is 48.9 Å². The zero-order valence-corrected chi connectivity index (χ0v) is 10.9. The Morgan fingerprint density at radius 1 is 1.35 bits per heavy atom. The fourth-order valence-electron chi connectivity index (χ4n) is 2.15. The lowest BCUT2D eigenvalue weighted by Crippen LogP contribution is -2.34. The molecular weight excluding hydrogens is 214 g/mol. The van der Waals surface area contributed by atoms with Crippen molar-refractivity contribution in [3.63, 3.8) is 0 Å². The average Bonchev–Trinajstić information content (AvgIpc) is 2.27. The lowest BCUT2D eigenvalue weighted by Gasteiger charge is -2.22. The van der Waals surface area contributed by atoms with Crippen LogP contribution < -0.4 is 5.73 Å². The molecule has 0 aliphatic carbocycles. The number of rotatable bonds is 5. The summed E-state index contributed by atoms with van der Waals surface area (Å²) >= 11 is 0. The van der Waals surface area contributed by atoms with Crippen LogP contribution in [0.5, 0.6) is 5.75 Å². The molecule has 3 unspecified atom stereocenters. The minimum absolute atomic E-state index is 0.158. The molecule has 17 heavy (non-hydrogen) atoms. The van der Waals surface area contributed by atoms with Crippen LogP contribution in [-0.2, 0) is 0 Å². The monoisotopic (exact) mass is 237 g/mol. The Morgan fingerprint density at radius 2 is 2.00 bits per heavy atom. The highest BCUT2D eigenvalue weighted by Gasteiger charge is 2.18. The van der Waals surface area contributed by atoms with E-state index in [1.54, 1.807) is 12.1 Å². The summed E-state index contributed by atoms with van der Waals surface area (Å²) in [6, 6.07) is 5.19. The number of hydrogen-bond donors (Lipinski definition) is 3. The van der Waals surface area contributed by atoms with E-state index in [1.807, 2.05) is 19.9 Å². The molecule has 1 rings (SSSR count). The van der Waals surface area contributed by atoms with Crippen molar-refractivity contribution in [2.45, 2.75) is 51.7 Å². The first kappa shape index (κ1) is 14.0. The lowest BCUT2D eigenvalue weighted by molar-refractivity contribution is 0.126. The summed E-state index contributed by atoms with van der Waals surface area (Å²) in [4.78, 5) is 0. The van der Waals surface area contributed by atoms with Crippen LogP contribution in [0, 0.1) is 6.92 Å². The largest absolute Gasteiger partial charge is 0.508 e. The maximum atomic E-state index is 9.92. The summed E-state index contributed by atoms with van der Waals surface area (Å²) < 4.78 is 0. The predicted octanol–water partition coefficient (Wildman–Crippen LogP) is 2.29. The summed E-state index contributed by atoms with van der Waals surface area (Å²) in [6.45, 7) is 6.02. The standard InChI is InChI=1S/C14H23NO2/c1-4-13(15)14(17)8-10(3)12-6-5-11(16)7-9(12)2/h5-7,10,13-14,16-17H,4,8,15H2,1-3H3. The van der Waals surface area contributed by atoms with Crippen LogP contribution in [0.15, 0.2) is 18.2 Å². The van der Waals surface area contributed by atoms with E-state index in [1.165, 1.54) is 0 Å². The smallest absolute Gasteiger partial charge is 0.115 e. The van der Waals surface area contributed by atoms with E-state index in [0.717, 1.165) is 17.5 Å². The molecule has 0 saturated carbocycles. The molecule has 3 atom stereocenters. The molecule has 0 amide bonds. The Balaban J connectivity index is 2.72. The highest BCUT2D eigenvalue weighted by molar-refractivity contribution is 5.35. The van der Waals surface area contributed by atoms with Crippen LogP contribution in [0.2, 0.25) is 0 Å². The van der Waals surface area contributed by atoms with E-state index < -0.39 is 6.10 Å². The van der Waals surface area contributed by atoms with Gasteiger partial charge in [-0.25, -0.2) is 0 Å². The SMILES string of the molecule is CCC(N)C(O)CC(C)c1ccc(O)cc1C. The van der Waals surface area contributed by atoms with Crippen LogP contribution in [-0.4, -0.2) is 22.4 Å². The van der Waals surface area contributed by atoms with Crippen LogP contribution in [0.3, 0.4) is 0 Å². The van der Waals surface area contributed by atoms with Crippen LogP contribution in [0.25, 0.3) is 0 Å². The molecule has 0 spiro atoms. The molecular formula is C14H23NO2. The van der Waals surface area contributed by atoms with Crippen LogP contribution >= 0.6 is 0 Å². The quantitative estimate of drug-likeness (QED) is 0.736. The molecule has 0 radical (unpaired) electrons. The number of aliphatic hydroxyl groups is 1. The lowest BCUT2D eigenvalue weighted by atomic mass is 9.89. The highest BCUT2D eigenvalue weighted by atomic mass is 16.3. The van der Waals surface area contributed by atoms with Crippen molar-refractivity contribution in [1.82, 2.24) is 0 Å². The minimum Gasteiger partial charge on any atom is -0.508 e. The van der Waals surface area contributed by atoms with Gasteiger partial charge < -0.3 is 15.9 Å². The average molecular weight is 237 g/mol. The normalized spacial score (nSPS) is 16.5. The van der Waals surface area contributed by atoms with Gasteiger partial charge >= 0.3 is 0 Å². The summed E-state index contributed by atoms with van der Waals surface area (Å²) in [5.41, 5.74) is 8.02. The van der Waals surface area contributed by atoms with Gasteiger partial charge in [0.25, 0.3) is 0 Å². The number of aromatic hydroxyl groups is 1. The Morgan fingerprint density at radius 3 is 2.53 bits per heavy atom. The zero-order valence-electron chi connectivity index (χ0n) is 10.9. The van der Waals surface area contributed by atoms with Gasteiger partial charge in [0, 0.05) is 6.04 Å². The first-order chi connectivity index (χ1) is 7.95. The van der Waals surface area contributed by atoms with E-state index in [9.17, 15) is 10.2 Å². The summed E-state index contributed by atoms with van der Waals surface area (Å²) in [7, 11) is 0. The fourth-order valence-corrected chi connectivity index (χ4v) is 2.15. The van der Waals surface area contributed by atoms with Crippen molar-refractivity contribution in [3.05, 3.63) is 29.3 Å². The Bertz CT molecular complexity index is 365. The van der Waals surface area contributed by atoms with Gasteiger partial charge in [-0.1, -0.05) is 19.9 Å². The fraction of sp³-hybridized carbons (Fsp3) is 0.571. The molecule has 1 aromatic carbocycles. The van der Waals surface area contributed by atoms with Crippen molar-refractivity contribution < 1.29 is 10.2 Å². The van der Waals surface area contributed by atoms with Gasteiger partial charge in [0.1, 0.15) is 5.75 Å².